The molecule has 0 heterocycles. The van der Waals surface area contributed by atoms with Crippen LogP contribution < -0.4 is 0 Å². The highest BCUT2D eigenvalue weighted by molar-refractivity contribution is 6.05. The molecule has 188 valence electrons. The van der Waals surface area contributed by atoms with Gasteiger partial charge in [-0.3, -0.25) is 14.4 Å². The summed E-state index contributed by atoms with van der Waals surface area (Å²) in [5, 5.41) is 0. The van der Waals surface area contributed by atoms with Crippen LogP contribution in [0.1, 0.15) is 40.0 Å². The van der Waals surface area contributed by atoms with Crippen molar-refractivity contribution in [1.29, 1.82) is 0 Å². The van der Waals surface area contributed by atoms with Gasteiger partial charge < -0.3 is 23.7 Å². The smallest absolute Gasteiger partial charge is 0.324 e. The number of allylic oxidation sites excluding steroid dienone is 2. The minimum absolute atomic E-state index is 0.0408. The maximum absolute atomic E-state index is 13.3. The van der Waals surface area contributed by atoms with Gasteiger partial charge in [-0.1, -0.05) is 24.6 Å². The number of carbonyl (C=O) groups excluding carboxylic acids is 3. The van der Waals surface area contributed by atoms with E-state index in [1.165, 1.54) is 0 Å². The molecular weight excluding hydrogens is 440 g/mol. The number of hydrogen-bond acceptors (Lipinski definition) is 8. The monoisotopic (exact) mass is 476 g/mol. The van der Waals surface area contributed by atoms with Crippen LogP contribution >= 0.6 is 0 Å². The summed E-state index contributed by atoms with van der Waals surface area (Å²) >= 11 is 0. The maximum atomic E-state index is 13.3. The number of esters is 2. The maximum Gasteiger partial charge on any atom is 0.324 e. The lowest BCUT2D eigenvalue weighted by atomic mass is 9.70. The van der Waals surface area contributed by atoms with Crippen LogP contribution in [0.3, 0.4) is 0 Å². The molecule has 0 unspecified atom stereocenters. The number of carbonyl (C=O) groups is 3. The molecule has 2 fully saturated rings. The first-order chi connectivity index (χ1) is 16.4. The normalized spacial score (nSPS) is 34.9. The Morgan fingerprint density at radius 1 is 1.12 bits per heavy atom. The largest absolute Gasteiger partial charge is 0.465 e. The summed E-state index contributed by atoms with van der Waals surface area (Å²) in [7, 11) is 1.61. The molecule has 4 rings (SSSR count). The van der Waals surface area contributed by atoms with Gasteiger partial charge in [0.1, 0.15) is 6.79 Å². The van der Waals surface area contributed by atoms with Crippen molar-refractivity contribution in [2.45, 2.75) is 46.1 Å². The van der Waals surface area contributed by atoms with Crippen molar-refractivity contribution in [3.8, 4) is 0 Å². The zero-order chi connectivity index (χ0) is 24.5. The van der Waals surface area contributed by atoms with Gasteiger partial charge in [0, 0.05) is 24.9 Å². The highest BCUT2D eigenvalue weighted by Crippen LogP contribution is 2.70. The SMILES string of the molecule is CCOC(=O)C1(C(=O)OCC)[C@H]2[C@H]3C[C@H](C)CC4=CC(=O)C[C@]4(C=C[C@H]21)[C@H]3OCOCCOC. The Morgan fingerprint density at radius 2 is 1.82 bits per heavy atom. The number of fused-ring (bicyclic) bond motifs is 3. The molecule has 1 spiro atoms. The fourth-order valence-corrected chi connectivity index (χ4v) is 6.66. The number of ketones is 1. The van der Waals surface area contributed by atoms with E-state index in [1.807, 2.05) is 12.2 Å². The molecule has 0 aromatic heterocycles. The fourth-order valence-electron chi connectivity index (χ4n) is 6.66. The summed E-state index contributed by atoms with van der Waals surface area (Å²) in [5.74, 6) is -1.53. The van der Waals surface area contributed by atoms with Crippen LogP contribution in [0.4, 0.5) is 0 Å². The third kappa shape index (κ3) is 3.93. The van der Waals surface area contributed by atoms with Gasteiger partial charge in [0.05, 0.1) is 32.5 Å². The van der Waals surface area contributed by atoms with Crippen molar-refractivity contribution in [2.24, 2.45) is 34.5 Å². The first kappa shape index (κ1) is 25.1. The Hall–Kier alpha value is -2.03. The molecule has 0 saturated heterocycles. The lowest BCUT2D eigenvalue weighted by molar-refractivity contribution is -0.169. The van der Waals surface area contributed by atoms with Gasteiger partial charge in [-0.15, -0.1) is 0 Å². The summed E-state index contributed by atoms with van der Waals surface area (Å²) in [6.45, 7) is 6.86. The summed E-state index contributed by atoms with van der Waals surface area (Å²) in [4.78, 5) is 39.2. The predicted octanol–water partition coefficient (Wildman–Crippen LogP) is 2.85. The highest BCUT2D eigenvalue weighted by Gasteiger charge is 2.79. The minimum atomic E-state index is -1.37. The average Bonchev–Trinajstić information content (AvgIpc) is 3.41. The Morgan fingerprint density at radius 3 is 2.47 bits per heavy atom. The molecule has 0 radical (unpaired) electrons. The Bertz CT molecular complexity index is 858. The van der Waals surface area contributed by atoms with Crippen LogP contribution in [0, 0.1) is 34.5 Å². The average molecular weight is 477 g/mol. The van der Waals surface area contributed by atoms with E-state index in [2.05, 4.69) is 6.92 Å². The number of hydrogen-bond donors (Lipinski definition) is 0. The highest BCUT2D eigenvalue weighted by atomic mass is 16.7. The van der Waals surface area contributed by atoms with Crippen LogP contribution in [-0.4, -0.2) is 64.2 Å². The second-order valence-electron chi connectivity index (χ2n) is 9.89. The molecule has 8 heteroatoms. The molecule has 0 aromatic carbocycles. The van der Waals surface area contributed by atoms with E-state index in [1.54, 1.807) is 27.0 Å². The van der Waals surface area contributed by atoms with Crippen LogP contribution in [-0.2, 0) is 38.1 Å². The van der Waals surface area contributed by atoms with E-state index < -0.39 is 28.9 Å². The van der Waals surface area contributed by atoms with E-state index in [0.717, 1.165) is 18.4 Å². The van der Waals surface area contributed by atoms with Gasteiger partial charge in [0.25, 0.3) is 0 Å². The van der Waals surface area contributed by atoms with E-state index >= 15 is 0 Å². The van der Waals surface area contributed by atoms with E-state index in [-0.39, 0.29) is 49.5 Å². The second kappa shape index (κ2) is 9.91. The van der Waals surface area contributed by atoms with Crippen molar-refractivity contribution in [3.63, 3.8) is 0 Å². The van der Waals surface area contributed by atoms with Gasteiger partial charge in [-0.05, 0) is 50.5 Å². The predicted molar refractivity (Wildman–Crippen MR) is 121 cm³/mol. The summed E-state index contributed by atoms with van der Waals surface area (Å²) in [6, 6.07) is 0. The van der Waals surface area contributed by atoms with Crippen molar-refractivity contribution in [2.75, 3.05) is 40.3 Å². The first-order valence-electron chi connectivity index (χ1n) is 12.3. The van der Waals surface area contributed by atoms with E-state index in [9.17, 15) is 14.4 Å². The van der Waals surface area contributed by atoms with Crippen molar-refractivity contribution in [1.82, 2.24) is 0 Å². The Kier molecular flexibility index (Phi) is 7.31. The van der Waals surface area contributed by atoms with Crippen LogP contribution in [0.15, 0.2) is 23.8 Å². The van der Waals surface area contributed by atoms with Crippen molar-refractivity contribution < 1.29 is 38.1 Å². The lowest BCUT2D eigenvalue weighted by Crippen LogP contribution is -2.44. The van der Waals surface area contributed by atoms with Crippen LogP contribution in [0.2, 0.25) is 0 Å². The fraction of sp³-hybridized carbons (Fsp3) is 0.731. The van der Waals surface area contributed by atoms with Gasteiger partial charge in [0.15, 0.2) is 11.2 Å². The van der Waals surface area contributed by atoms with E-state index in [4.69, 9.17) is 23.7 Å². The van der Waals surface area contributed by atoms with Gasteiger partial charge in [-0.2, -0.15) is 0 Å². The quantitative estimate of drug-likeness (QED) is 0.156. The molecule has 8 nitrogen and oxygen atoms in total. The summed E-state index contributed by atoms with van der Waals surface area (Å²) < 4.78 is 27.9. The standard InChI is InChI=1S/C26H36O8/c1-5-32-23(28)26(24(29)33-6-2)20-7-8-25-14-18(27)13-17(25)11-16(3)12-19(21(20)26)22(25)34-15-31-10-9-30-4/h7-8,13,16,19-22H,5-6,9-12,14-15H2,1-4H3/t16-,19-,20-,21+,22+,25+/m1/s1. The second-order valence-corrected chi connectivity index (χ2v) is 9.89. The molecule has 4 aliphatic carbocycles. The lowest BCUT2D eigenvalue weighted by Gasteiger charge is -2.39. The molecule has 0 amide bonds. The topological polar surface area (TPSA) is 97.4 Å². The molecule has 0 aliphatic heterocycles. The van der Waals surface area contributed by atoms with Gasteiger partial charge in [0.2, 0.25) is 0 Å². The molecule has 2 saturated carbocycles. The molecule has 0 N–H and O–H groups in total. The van der Waals surface area contributed by atoms with E-state index in [0.29, 0.717) is 19.6 Å². The minimum Gasteiger partial charge on any atom is -0.465 e. The third-order valence-electron chi connectivity index (χ3n) is 7.92. The number of ether oxygens (including phenoxy) is 5. The van der Waals surface area contributed by atoms with Gasteiger partial charge in [-0.25, -0.2) is 0 Å². The molecule has 34 heavy (non-hydrogen) atoms. The summed E-state index contributed by atoms with van der Waals surface area (Å²) in [6.07, 6.45) is 7.21. The first-order valence-corrected chi connectivity index (χ1v) is 12.3. The number of rotatable bonds is 10. The van der Waals surface area contributed by atoms with Gasteiger partial charge >= 0.3 is 11.9 Å². The Labute approximate surface area is 201 Å². The molecule has 6 atom stereocenters. The summed E-state index contributed by atoms with van der Waals surface area (Å²) in [5.41, 5.74) is -0.881. The molecular formula is C26H36O8. The van der Waals surface area contributed by atoms with Crippen LogP contribution in [0.5, 0.6) is 0 Å². The zero-order valence-corrected chi connectivity index (χ0v) is 20.5. The van der Waals surface area contributed by atoms with Crippen molar-refractivity contribution in [3.05, 3.63) is 23.8 Å². The molecule has 4 aliphatic rings. The Balaban J connectivity index is 1.75. The molecule has 0 aromatic rings. The van der Waals surface area contributed by atoms with Crippen molar-refractivity contribution >= 4 is 17.7 Å². The molecule has 2 bridgehead atoms. The zero-order valence-electron chi connectivity index (χ0n) is 20.5. The third-order valence-corrected chi connectivity index (χ3v) is 7.92. The van der Waals surface area contributed by atoms with Crippen LogP contribution in [0.25, 0.3) is 0 Å². The number of methoxy groups -OCH3 is 1.